The van der Waals surface area contributed by atoms with Gasteiger partial charge in [0, 0.05) is 4.88 Å². The van der Waals surface area contributed by atoms with Gasteiger partial charge in [-0.1, -0.05) is 24.6 Å². The molecule has 0 aliphatic heterocycles. The van der Waals surface area contributed by atoms with E-state index in [-0.39, 0.29) is 16.8 Å². The molecule has 1 unspecified atom stereocenters. The second kappa shape index (κ2) is 6.04. The Morgan fingerprint density at radius 2 is 2.32 bits per heavy atom. The minimum atomic E-state index is -1.02. The molecule has 0 aliphatic carbocycles. The van der Waals surface area contributed by atoms with E-state index in [0.717, 1.165) is 11.3 Å². The molecule has 1 atom stereocenters. The van der Waals surface area contributed by atoms with E-state index in [1.54, 1.807) is 11.3 Å². The molecule has 2 heterocycles. The maximum absolute atomic E-state index is 11.2. The van der Waals surface area contributed by atoms with E-state index >= 15 is 0 Å². The Balaban J connectivity index is 2.31. The third-order valence-corrected chi connectivity index (χ3v) is 3.89. The second-order valence-electron chi connectivity index (χ2n) is 3.96. The van der Waals surface area contributed by atoms with Gasteiger partial charge in [0.2, 0.25) is 0 Å². The summed E-state index contributed by atoms with van der Waals surface area (Å²) in [4.78, 5) is 16.4. The Kier molecular flexibility index (Phi) is 4.39. The number of hydrogen-bond acceptors (Lipinski definition) is 4. The van der Waals surface area contributed by atoms with Crippen molar-refractivity contribution in [1.29, 1.82) is 0 Å². The van der Waals surface area contributed by atoms with Crippen molar-refractivity contribution < 1.29 is 9.90 Å². The van der Waals surface area contributed by atoms with Gasteiger partial charge in [0.05, 0.1) is 6.04 Å². The van der Waals surface area contributed by atoms with Crippen LogP contribution in [0.5, 0.6) is 0 Å². The van der Waals surface area contributed by atoms with Crippen molar-refractivity contribution >= 4 is 34.7 Å². The Bertz CT molecular complexity index is 572. The standard InChI is InChI=1S/C13H13ClN2O2S/c1-2-9(10-4-3-7-19-10)15-12-8(13(17)18)5-6-11(14)16-12/h3-7,9H,2H2,1H3,(H,15,16)(H,17,18). The summed E-state index contributed by atoms with van der Waals surface area (Å²) in [6.45, 7) is 2.03. The number of thiophene rings is 1. The molecular weight excluding hydrogens is 284 g/mol. The van der Waals surface area contributed by atoms with Crippen LogP contribution in [0.2, 0.25) is 5.15 Å². The van der Waals surface area contributed by atoms with E-state index in [2.05, 4.69) is 10.3 Å². The molecule has 2 N–H and O–H groups in total. The van der Waals surface area contributed by atoms with Crippen molar-refractivity contribution in [2.45, 2.75) is 19.4 Å². The highest BCUT2D eigenvalue weighted by Crippen LogP contribution is 2.27. The minimum absolute atomic E-state index is 0.0315. The van der Waals surface area contributed by atoms with Gasteiger partial charge >= 0.3 is 5.97 Å². The Morgan fingerprint density at radius 3 is 2.89 bits per heavy atom. The molecule has 0 aliphatic rings. The van der Waals surface area contributed by atoms with Gasteiger partial charge in [0.25, 0.3) is 0 Å². The van der Waals surface area contributed by atoms with Gasteiger partial charge in [-0.3, -0.25) is 0 Å². The average Bonchev–Trinajstić information content (AvgIpc) is 2.89. The summed E-state index contributed by atoms with van der Waals surface area (Å²) in [6.07, 6.45) is 0.827. The summed E-state index contributed by atoms with van der Waals surface area (Å²) in [5.74, 6) is -0.715. The first-order valence-electron chi connectivity index (χ1n) is 5.81. The van der Waals surface area contributed by atoms with Crippen molar-refractivity contribution in [1.82, 2.24) is 4.98 Å². The Labute approximate surface area is 120 Å². The number of hydrogen-bond donors (Lipinski definition) is 2. The molecule has 0 aromatic carbocycles. The quantitative estimate of drug-likeness (QED) is 0.817. The highest BCUT2D eigenvalue weighted by atomic mass is 35.5. The van der Waals surface area contributed by atoms with E-state index in [1.165, 1.54) is 12.1 Å². The number of aromatic carboxylic acids is 1. The molecule has 2 aromatic heterocycles. The first kappa shape index (κ1) is 13.8. The molecule has 0 saturated heterocycles. The number of carboxylic acids is 1. The van der Waals surface area contributed by atoms with E-state index in [4.69, 9.17) is 16.7 Å². The van der Waals surface area contributed by atoms with Crippen molar-refractivity contribution in [2.75, 3.05) is 5.32 Å². The van der Waals surface area contributed by atoms with Gasteiger partial charge in [0.15, 0.2) is 0 Å². The van der Waals surface area contributed by atoms with Crippen molar-refractivity contribution in [2.24, 2.45) is 0 Å². The molecule has 0 fully saturated rings. The first-order valence-corrected chi connectivity index (χ1v) is 7.07. The lowest BCUT2D eigenvalue weighted by Gasteiger charge is -2.17. The van der Waals surface area contributed by atoms with Crippen LogP contribution in [0, 0.1) is 0 Å². The van der Waals surface area contributed by atoms with Crippen LogP contribution in [0.25, 0.3) is 0 Å². The molecule has 4 nitrogen and oxygen atoms in total. The zero-order valence-electron chi connectivity index (χ0n) is 10.3. The molecule has 2 aromatic rings. The third kappa shape index (κ3) is 3.24. The zero-order chi connectivity index (χ0) is 13.8. The molecule has 6 heteroatoms. The maximum Gasteiger partial charge on any atom is 0.339 e. The number of aromatic nitrogens is 1. The predicted molar refractivity (Wildman–Crippen MR) is 77.2 cm³/mol. The molecule has 0 saturated carbocycles. The lowest BCUT2D eigenvalue weighted by Crippen LogP contribution is -2.13. The maximum atomic E-state index is 11.2. The molecular formula is C13H13ClN2O2S. The number of halogens is 1. The fourth-order valence-corrected chi connectivity index (χ4v) is 2.76. The molecule has 0 bridgehead atoms. The van der Waals surface area contributed by atoms with Crippen molar-refractivity contribution in [3.63, 3.8) is 0 Å². The number of nitrogens with zero attached hydrogens (tertiary/aromatic N) is 1. The van der Waals surface area contributed by atoms with Gasteiger partial charge in [0.1, 0.15) is 16.5 Å². The first-order chi connectivity index (χ1) is 9.11. The predicted octanol–water partition coefficient (Wildman–Crippen LogP) is 4.06. The SMILES string of the molecule is CCC(Nc1nc(Cl)ccc1C(=O)O)c1cccs1. The summed E-state index contributed by atoms with van der Waals surface area (Å²) in [5.41, 5.74) is 0.124. The van der Waals surface area contributed by atoms with Crippen LogP contribution in [-0.4, -0.2) is 16.1 Å². The number of nitrogens with one attached hydrogen (secondary N) is 1. The van der Waals surface area contributed by atoms with Crippen molar-refractivity contribution in [3.8, 4) is 0 Å². The summed E-state index contributed by atoms with van der Waals surface area (Å²) in [6, 6.07) is 6.94. The van der Waals surface area contributed by atoms with Crippen LogP contribution in [0.1, 0.15) is 34.6 Å². The number of anilines is 1. The largest absolute Gasteiger partial charge is 0.478 e. The highest BCUT2D eigenvalue weighted by Gasteiger charge is 2.17. The Morgan fingerprint density at radius 1 is 1.53 bits per heavy atom. The van der Waals surface area contributed by atoms with Gasteiger partial charge in [-0.05, 0) is 30.0 Å². The van der Waals surface area contributed by atoms with Crippen LogP contribution >= 0.6 is 22.9 Å². The number of carbonyl (C=O) groups is 1. The van der Waals surface area contributed by atoms with Gasteiger partial charge in [-0.15, -0.1) is 11.3 Å². The summed E-state index contributed by atoms with van der Waals surface area (Å²) in [7, 11) is 0. The fraction of sp³-hybridized carbons (Fsp3) is 0.231. The van der Waals surface area contributed by atoms with Crippen LogP contribution in [-0.2, 0) is 0 Å². The van der Waals surface area contributed by atoms with Gasteiger partial charge in [-0.25, -0.2) is 9.78 Å². The molecule has 2 rings (SSSR count). The molecule has 0 amide bonds. The topological polar surface area (TPSA) is 62.2 Å². The van der Waals surface area contributed by atoms with E-state index in [1.807, 2.05) is 24.4 Å². The van der Waals surface area contributed by atoms with E-state index < -0.39 is 5.97 Å². The highest BCUT2D eigenvalue weighted by molar-refractivity contribution is 7.10. The van der Waals surface area contributed by atoms with Crippen LogP contribution in [0.3, 0.4) is 0 Å². The van der Waals surface area contributed by atoms with Crippen LogP contribution < -0.4 is 5.32 Å². The molecule has 19 heavy (non-hydrogen) atoms. The number of rotatable bonds is 5. The number of pyridine rings is 1. The molecule has 0 spiro atoms. The Hall–Kier alpha value is -1.59. The normalized spacial score (nSPS) is 12.1. The second-order valence-corrected chi connectivity index (χ2v) is 5.32. The smallest absolute Gasteiger partial charge is 0.339 e. The van der Waals surface area contributed by atoms with Gasteiger partial charge < -0.3 is 10.4 Å². The molecule has 100 valence electrons. The fourth-order valence-electron chi connectivity index (χ4n) is 1.75. The van der Waals surface area contributed by atoms with Crippen LogP contribution in [0.15, 0.2) is 29.6 Å². The lowest BCUT2D eigenvalue weighted by molar-refractivity contribution is 0.0697. The average molecular weight is 297 g/mol. The molecule has 0 radical (unpaired) electrons. The number of carboxylic acid groups (broad SMARTS) is 1. The summed E-state index contributed by atoms with van der Waals surface area (Å²) >= 11 is 7.45. The summed E-state index contributed by atoms with van der Waals surface area (Å²) < 4.78 is 0. The van der Waals surface area contributed by atoms with E-state index in [0.29, 0.717) is 5.82 Å². The van der Waals surface area contributed by atoms with Crippen molar-refractivity contribution in [3.05, 3.63) is 45.2 Å². The monoisotopic (exact) mass is 296 g/mol. The minimum Gasteiger partial charge on any atom is -0.478 e. The van der Waals surface area contributed by atoms with Gasteiger partial charge in [-0.2, -0.15) is 0 Å². The zero-order valence-corrected chi connectivity index (χ0v) is 11.8. The van der Waals surface area contributed by atoms with Crippen LogP contribution in [0.4, 0.5) is 5.82 Å². The summed E-state index contributed by atoms with van der Waals surface area (Å²) in [5, 5.41) is 14.6. The lowest BCUT2D eigenvalue weighted by atomic mass is 10.1. The van der Waals surface area contributed by atoms with E-state index in [9.17, 15) is 4.79 Å². The third-order valence-electron chi connectivity index (χ3n) is 2.70.